The average Bonchev–Trinajstić information content (AvgIpc) is 2.37. The summed E-state index contributed by atoms with van der Waals surface area (Å²) < 4.78 is 53.9. The molecule has 0 aromatic heterocycles. The Hall–Kier alpha value is -1.34. The molecule has 1 aromatic carbocycles. The Labute approximate surface area is 117 Å². The average molecular weight is 314 g/mol. The highest BCUT2D eigenvalue weighted by Crippen LogP contribution is 2.42. The van der Waals surface area contributed by atoms with Gasteiger partial charge in [0.05, 0.1) is 0 Å². The smallest absolute Gasteiger partial charge is 0.396 e. The van der Waals surface area contributed by atoms with E-state index in [1.165, 1.54) is 12.1 Å². The maximum absolute atomic E-state index is 13.7. The van der Waals surface area contributed by atoms with Crippen molar-refractivity contribution in [3.8, 4) is 0 Å². The standard InChI is InChI=1S/C12H12ClF4NO2/c13-7-10(20)18-11(5-6-19,12(15,16)17)8-3-1-2-4-9(8)14/h1-4,19H,5-7H2,(H,18,20). The second-order valence-electron chi connectivity index (χ2n) is 4.04. The predicted octanol–water partition coefficient (Wildman–Crippen LogP) is 2.32. The number of carbonyl (C=O) groups excluding carboxylic acids is 1. The number of aliphatic hydroxyl groups excluding tert-OH is 1. The zero-order valence-corrected chi connectivity index (χ0v) is 10.9. The molecule has 1 unspecified atom stereocenters. The normalized spacial score (nSPS) is 14.7. The summed E-state index contributed by atoms with van der Waals surface area (Å²) in [4.78, 5) is 11.3. The third-order valence-electron chi connectivity index (χ3n) is 2.78. The van der Waals surface area contributed by atoms with E-state index < -0.39 is 47.9 Å². The summed E-state index contributed by atoms with van der Waals surface area (Å²) >= 11 is 5.20. The van der Waals surface area contributed by atoms with Crippen molar-refractivity contribution in [3.63, 3.8) is 0 Å². The van der Waals surface area contributed by atoms with Crippen LogP contribution in [0.3, 0.4) is 0 Å². The monoisotopic (exact) mass is 313 g/mol. The molecule has 0 aliphatic rings. The van der Waals surface area contributed by atoms with E-state index in [1.807, 2.05) is 0 Å². The van der Waals surface area contributed by atoms with Gasteiger partial charge in [0.1, 0.15) is 11.7 Å². The number of benzene rings is 1. The van der Waals surface area contributed by atoms with Gasteiger partial charge in [-0.25, -0.2) is 4.39 Å². The fourth-order valence-corrected chi connectivity index (χ4v) is 1.94. The Balaban J connectivity index is 3.45. The summed E-state index contributed by atoms with van der Waals surface area (Å²) in [6, 6.07) is 4.19. The van der Waals surface area contributed by atoms with Crippen molar-refractivity contribution in [1.82, 2.24) is 5.32 Å². The Morgan fingerprint density at radius 1 is 1.30 bits per heavy atom. The van der Waals surface area contributed by atoms with Gasteiger partial charge < -0.3 is 10.4 Å². The number of alkyl halides is 4. The van der Waals surface area contributed by atoms with E-state index in [1.54, 1.807) is 5.32 Å². The van der Waals surface area contributed by atoms with Crippen LogP contribution < -0.4 is 5.32 Å². The lowest BCUT2D eigenvalue weighted by atomic mass is 9.85. The zero-order valence-electron chi connectivity index (χ0n) is 10.2. The molecule has 0 aliphatic heterocycles. The minimum atomic E-state index is -5.00. The van der Waals surface area contributed by atoms with Crippen molar-refractivity contribution in [2.45, 2.75) is 18.1 Å². The molecular weight excluding hydrogens is 302 g/mol. The maximum Gasteiger partial charge on any atom is 0.415 e. The summed E-state index contributed by atoms with van der Waals surface area (Å²) in [5.74, 6) is -2.95. The minimum absolute atomic E-state index is 0.711. The topological polar surface area (TPSA) is 49.3 Å². The number of nitrogens with one attached hydrogen (secondary N) is 1. The van der Waals surface area contributed by atoms with Crippen LogP contribution in [0.2, 0.25) is 0 Å². The highest BCUT2D eigenvalue weighted by atomic mass is 35.5. The van der Waals surface area contributed by atoms with Crippen LogP contribution in [0.15, 0.2) is 24.3 Å². The van der Waals surface area contributed by atoms with E-state index >= 15 is 0 Å². The van der Waals surface area contributed by atoms with Gasteiger partial charge in [-0.1, -0.05) is 18.2 Å². The molecule has 0 fully saturated rings. The van der Waals surface area contributed by atoms with E-state index in [2.05, 4.69) is 0 Å². The van der Waals surface area contributed by atoms with Gasteiger partial charge in [0.25, 0.3) is 0 Å². The number of hydrogen-bond acceptors (Lipinski definition) is 2. The summed E-state index contributed by atoms with van der Waals surface area (Å²) in [7, 11) is 0. The minimum Gasteiger partial charge on any atom is -0.396 e. The molecule has 112 valence electrons. The van der Waals surface area contributed by atoms with E-state index in [9.17, 15) is 22.4 Å². The largest absolute Gasteiger partial charge is 0.415 e. The predicted molar refractivity (Wildman–Crippen MR) is 64.7 cm³/mol. The molecule has 2 N–H and O–H groups in total. The zero-order chi connectivity index (χ0) is 15.4. The number of rotatable bonds is 5. The van der Waals surface area contributed by atoms with Gasteiger partial charge in [-0.2, -0.15) is 13.2 Å². The van der Waals surface area contributed by atoms with Crippen molar-refractivity contribution >= 4 is 17.5 Å². The highest BCUT2D eigenvalue weighted by Gasteiger charge is 2.57. The molecule has 1 rings (SSSR count). The number of halogens is 5. The van der Waals surface area contributed by atoms with Crippen molar-refractivity contribution in [3.05, 3.63) is 35.6 Å². The summed E-state index contributed by atoms with van der Waals surface area (Å²) in [5, 5.41) is 10.6. The Kier molecular flexibility index (Phi) is 5.35. The van der Waals surface area contributed by atoms with Crippen LogP contribution >= 0.6 is 11.6 Å². The van der Waals surface area contributed by atoms with Gasteiger partial charge in [0.15, 0.2) is 5.54 Å². The second kappa shape index (κ2) is 6.41. The number of hydrogen-bond donors (Lipinski definition) is 2. The molecule has 3 nitrogen and oxygen atoms in total. The van der Waals surface area contributed by atoms with Gasteiger partial charge in [0.2, 0.25) is 5.91 Å². The number of amides is 1. The van der Waals surface area contributed by atoms with Crippen LogP contribution in [0, 0.1) is 5.82 Å². The van der Waals surface area contributed by atoms with E-state index in [0.717, 1.165) is 12.1 Å². The highest BCUT2D eigenvalue weighted by molar-refractivity contribution is 6.27. The van der Waals surface area contributed by atoms with E-state index in [0.29, 0.717) is 0 Å². The molecule has 20 heavy (non-hydrogen) atoms. The summed E-state index contributed by atoms with van der Waals surface area (Å²) in [6.45, 7) is -0.892. The van der Waals surface area contributed by atoms with Crippen LogP contribution in [-0.2, 0) is 10.3 Å². The number of aliphatic hydroxyl groups is 1. The van der Waals surface area contributed by atoms with Gasteiger partial charge in [-0.15, -0.1) is 11.6 Å². The molecule has 0 radical (unpaired) electrons. The Bertz CT molecular complexity index is 481. The summed E-state index contributed by atoms with van der Waals surface area (Å²) in [5.41, 5.74) is -3.78. The van der Waals surface area contributed by atoms with Crippen LogP contribution in [-0.4, -0.2) is 29.7 Å². The summed E-state index contributed by atoms with van der Waals surface area (Å²) in [6.07, 6.45) is -5.92. The first kappa shape index (κ1) is 16.7. The number of carbonyl (C=O) groups is 1. The van der Waals surface area contributed by atoms with Crippen LogP contribution in [0.25, 0.3) is 0 Å². The molecule has 1 aromatic rings. The fraction of sp³-hybridized carbons (Fsp3) is 0.417. The second-order valence-corrected chi connectivity index (χ2v) is 4.31. The SMILES string of the molecule is O=C(CCl)NC(CCO)(c1ccccc1F)C(F)(F)F. The van der Waals surface area contributed by atoms with Crippen molar-refractivity contribution in [2.24, 2.45) is 0 Å². The van der Waals surface area contributed by atoms with Gasteiger partial charge in [-0.05, 0) is 6.07 Å². The molecule has 0 aliphatic carbocycles. The first-order valence-corrected chi connectivity index (χ1v) is 6.11. The lowest BCUT2D eigenvalue weighted by Gasteiger charge is -2.36. The van der Waals surface area contributed by atoms with E-state index in [-0.39, 0.29) is 0 Å². The fourth-order valence-electron chi connectivity index (χ4n) is 1.88. The molecule has 1 atom stereocenters. The van der Waals surface area contributed by atoms with Gasteiger partial charge in [-0.3, -0.25) is 4.79 Å². The van der Waals surface area contributed by atoms with Crippen molar-refractivity contribution < 1.29 is 27.5 Å². The molecule has 0 saturated heterocycles. The molecular formula is C12H12ClF4NO2. The first-order chi connectivity index (χ1) is 9.28. The van der Waals surface area contributed by atoms with Gasteiger partial charge >= 0.3 is 6.18 Å². The molecule has 8 heteroatoms. The molecule has 0 spiro atoms. The Morgan fingerprint density at radius 2 is 1.90 bits per heavy atom. The Morgan fingerprint density at radius 3 is 2.35 bits per heavy atom. The first-order valence-electron chi connectivity index (χ1n) is 5.58. The van der Waals surface area contributed by atoms with Gasteiger partial charge in [0, 0.05) is 18.6 Å². The quantitative estimate of drug-likeness (QED) is 0.647. The van der Waals surface area contributed by atoms with E-state index in [4.69, 9.17) is 16.7 Å². The van der Waals surface area contributed by atoms with Crippen LogP contribution in [0.4, 0.5) is 17.6 Å². The third-order valence-corrected chi connectivity index (χ3v) is 3.02. The van der Waals surface area contributed by atoms with Crippen molar-refractivity contribution in [2.75, 3.05) is 12.5 Å². The molecule has 0 heterocycles. The third kappa shape index (κ3) is 3.21. The van der Waals surface area contributed by atoms with Crippen LogP contribution in [0.5, 0.6) is 0 Å². The van der Waals surface area contributed by atoms with Crippen molar-refractivity contribution in [1.29, 1.82) is 0 Å². The van der Waals surface area contributed by atoms with Crippen LogP contribution in [0.1, 0.15) is 12.0 Å². The maximum atomic E-state index is 13.7. The lowest BCUT2D eigenvalue weighted by molar-refractivity contribution is -0.207. The lowest BCUT2D eigenvalue weighted by Crippen LogP contribution is -2.57. The molecule has 0 saturated carbocycles. The molecule has 1 amide bonds. The molecule has 0 bridgehead atoms.